The van der Waals surface area contributed by atoms with Crippen LogP contribution >= 0.6 is 0 Å². The third-order valence-corrected chi connectivity index (χ3v) is 4.70. The molecule has 142 valence electrons. The lowest BCUT2D eigenvalue weighted by Crippen LogP contribution is -2.40. The van der Waals surface area contributed by atoms with Crippen LogP contribution in [0.15, 0.2) is 42.5 Å². The first-order valence-corrected chi connectivity index (χ1v) is 8.79. The summed E-state index contributed by atoms with van der Waals surface area (Å²) in [5.41, 5.74) is 6.73. The molecule has 5 nitrogen and oxygen atoms in total. The lowest BCUT2D eigenvalue weighted by atomic mass is 9.97. The zero-order valence-electron chi connectivity index (χ0n) is 14.8. The van der Waals surface area contributed by atoms with E-state index in [-0.39, 0.29) is 17.4 Å². The first-order valence-electron chi connectivity index (χ1n) is 8.79. The van der Waals surface area contributed by atoms with Gasteiger partial charge in [0.15, 0.2) is 0 Å². The van der Waals surface area contributed by atoms with Crippen LogP contribution in [0, 0.1) is 17.6 Å². The van der Waals surface area contributed by atoms with Gasteiger partial charge in [0.25, 0.3) is 5.91 Å². The van der Waals surface area contributed by atoms with Crippen LogP contribution in [-0.4, -0.2) is 29.8 Å². The number of nitrogens with one attached hydrogen (secondary N) is 1. The number of halogens is 2. The number of nitrogens with two attached hydrogens (primary N) is 1. The van der Waals surface area contributed by atoms with E-state index in [1.54, 1.807) is 12.1 Å². The number of anilines is 1. The number of nitrogens with zero attached hydrogens (tertiary/aromatic N) is 1. The highest BCUT2D eigenvalue weighted by Crippen LogP contribution is 2.20. The number of likely N-dealkylation sites (tertiary alicyclic amines) is 1. The van der Waals surface area contributed by atoms with Crippen LogP contribution in [-0.2, 0) is 11.3 Å². The van der Waals surface area contributed by atoms with Gasteiger partial charge in [0.1, 0.15) is 11.6 Å². The Bertz CT molecular complexity index is 840. The number of hydrogen-bond acceptors (Lipinski definition) is 3. The van der Waals surface area contributed by atoms with Crippen molar-refractivity contribution in [3.8, 4) is 0 Å². The number of rotatable bonds is 5. The summed E-state index contributed by atoms with van der Waals surface area (Å²) < 4.78 is 26.6. The molecule has 0 aliphatic carbocycles. The average molecular weight is 373 g/mol. The van der Waals surface area contributed by atoms with Gasteiger partial charge >= 0.3 is 0 Å². The van der Waals surface area contributed by atoms with Gasteiger partial charge < -0.3 is 11.1 Å². The molecule has 2 amide bonds. The molecule has 0 bridgehead atoms. The third-order valence-electron chi connectivity index (χ3n) is 4.70. The Balaban J connectivity index is 1.60. The summed E-state index contributed by atoms with van der Waals surface area (Å²) in [5.74, 6) is -2.64. The van der Waals surface area contributed by atoms with Gasteiger partial charge in [-0.05, 0) is 49.2 Å². The maximum Gasteiger partial charge on any atom is 0.258 e. The molecule has 1 heterocycles. The minimum atomic E-state index is -0.904. The molecule has 0 spiro atoms. The number of carbonyl (C=O) groups excluding carboxylic acids is 2. The fraction of sp³-hybridized carbons (Fsp3) is 0.300. The van der Waals surface area contributed by atoms with Crippen molar-refractivity contribution in [3.05, 3.63) is 65.2 Å². The van der Waals surface area contributed by atoms with Gasteiger partial charge in [0.2, 0.25) is 5.91 Å². The van der Waals surface area contributed by atoms with Crippen LogP contribution in [0.2, 0.25) is 0 Å². The summed E-state index contributed by atoms with van der Waals surface area (Å²) >= 11 is 0. The number of piperidine rings is 1. The van der Waals surface area contributed by atoms with Crippen molar-refractivity contribution in [2.45, 2.75) is 19.4 Å². The minimum absolute atomic E-state index is 0.108. The van der Waals surface area contributed by atoms with Crippen molar-refractivity contribution in [2.24, 2.45) is 11.7 Å². The molecule has 0 aromatic heterocycles. The molecule has 7 heteroatoms. The Morgan fingerprint density at radius 3 is 2.56 bits per heavy atom. The zero-order chi connectivity index (χ0) is 19.4. The van der Waals surface area contributed by atoms with E-state index in [0.717, 1.165) is 37.1 Å². The van der Waals surface area contributed by atoms with E-state index in [1.807, 2.05) is 12.1 Å². The van der Waals surface area contributed by atoms with Crippen LogP contribution in [0.25, 0.3) is 0 Å². The molecular formula is C20H21F2N3O2. The van der Waals surface area contributed by atoms with Gasteiger partial charge in [0.05, 0.1) is 11.5 Å². The van der Waals surface area contributed by atoms with E-state index in [4.69, 9.17) is 5.73 Å². The highest BCUT2D eigenvalue weighted by atomic mass is 19.1. The summed E-state index contributed by atoms with van der Waals surface area (Å²) in [6.45, 7) is 2.24. The van der Waals surface area contributed by atoms with Gasteiger partial charge in [-0.15, -0.1) is 0 Å². The molecule has 1 aliphatic heterocycles. The smallest absolute Gasteiger partial charge is 0.258 e. The predicted octanol–water partition coefficient (Wildman–Crippen LogP) is 2.91. The fourth-order valence-corrected chi connectivity index (χ4v) is 3.26. The van der Waals surface area contributed by atoms with E-state index < -0.39 is 17.5 Å². The quantitative estimate of drug-likeness (QED) is 0.846. The lowest BCUT2D eigenvalue weighted by molar-refractivity contribution is -0.123. The van der Waals surface area contributed by atoms with E-state index in [0.29, 0.717) is 24.8 Å². The molecule has 1 saturated heterocycles. The first kappa shape index (κ1) is 19.0. The van der Waals surface area contributed by atoms with Crippen molar-refractivity contribution >= 4 is 17.5 Å². The maximum atomic E-state index is 13.7. The molecule has 2 aromatic carbocycles. The average Bonchev–Trinajstić information content (AvgIpc) is 2.63. The van der Waals surface area contributed by atoms with Gasteiger partial charge in [0, 0.05) is 24.8 Å². The summed E-state index contributed by atoms with van der Waals surface area (Å²) in [6.07, 6.45) is 1.77. The molecule has 1 aliphatic rings. The van der Waals surface area contributed by atoms with Crippen LogP contribution < -0.4 is 11.1 Å². The molecule has 0 saturated carbocycles. The number of carbonyl (C=O) groups is 2. The van der Waals surface area contributed by atoms with Gasteiger partial charge in [-0.25, -0.2) is 8.78 Å². The van der Waals surface area contributed by atoms with Crippen molar-refractivity contribution in [3.63, 3.8) is 0 Å². The van der Waals surface area contributed by atoms with Crippen molar-refractivity contribution < 1.29 is 18.4 Å². The standard InChI is InChI=1S/C20H21F2N3O2/c21-15-5-8-17(18(22)10-15)20(27)24-16-6-3-13(4-7-16)11-25-9-1-2-14(12-25)19(23)26/h3-8,10,14H,1-2,9,11-12H2,(H2,23,26)(H,24,27). The maximum absolute atomic E-state index is 13.7. The predicted molar refractivity (Wildman–Crippen MR) is 97.9 cm³/mol. The summed E-state index contributed by atoms with van der Waals surface area (Å²) in [7, 11) is 0. The van der Waals surface area contributed by atoms with Crippen molar-refractivity contribution in [1.29, 1.82) is 0 Å². The van der Waals surface area contributed by atoms with Crippen molar-refractivity contribution in [2.75, 3.05) is 18.4 Å². The second kappa shape index (κ2) is 8.26. The molecule has 1 fully saturated rings. The largest absolute Gasteiger partial charge is 0.369 e. The van der Waals surface area contributed by atoms with Crippen LogP contribution in [0.4, 0.5) is 14.5 Å². The highest BCUT2D eigenvalue weighted by molar-refractivity contribution is 6.04. The van der Waals surface area contributed by atoms with E-state index in [2.05, 4.69) is 10.2 Å². The van der Waals surface area contributed by atoms with E-state index in [1.165, 1.54) is 0 Å². The number of amides is 2. The van der Waals surface area contributed by atoms with Crippen LogP contribution in [0.5, 0.6) is 0 Å². The minimum Gasteiger partial charge on any atom is -0.369 e. The second-order valence-corrected chi connectivity index (χ2v) is 6.75. The Hall–Kier alpha value is -2.80. The highest BCUT2D eigenvalue weighted by Gasteiger charge is 2.23. The molecular weight excluding hydrogens is 352 g/mol. The Morgan fingerprint density at radius 2 is 1.89 bits per heavy atom. The zero-order valence-corrected chi connectivity index (χ0v) is 14.8. The lowest BCUT2D eigenvalue weighted by Gasteiger charge is -2.31. The summed E-state index contributed by atoms with van der Waals surface area (Å²) in [6, 6.07) is 10.0. The third kappa shape index (κ3) is 4.89. The second-order valence-electron chi connectivity index (χ2n) is 6.75. The van der Waals surface area contributed by atoms with Gasteiger partial charge in [-0.3, -0.25) is 14.5 Å². The van der Waals surface area contributed by atoms with Crippen LogP contribution in [0.1, 0.15) is 28.8 Å². The van der Waals surface area contributed by atoms with Crippen LogP contribution in [0.3, 0.4) is 0 Å². The number of benzene rings is 2. The Labute approximate surface area is 156 Å². The normalized spacial score (nSPS) is 17.5. The number of hydrogen-bond donors (Lipinski definition) is 2. The SMILES string of the molecule is NC(=O)C1CCCN(Cc2ccc(NC(=O)c3ccc(F)cc3F)cc2)C1. The molecule has 27 heavy (non-hydrogen) atoms. The topological polar surface area (TPSA) is 75.4 Å². The Morgan fingerprint density at radius 1 is 1.15 bits per heavy atom. The molecule has 1 atom stereocenters. The summed E-state index contributed by atoms with van der Waals surface area (Å²) in [4.78, 5) is 25.7. The molecule has 2 aromatic rings. The van der Waals surface area contributed by atoms with Gasteiger partial charge in [-0.2, -0.15) is 0 Å². The molecule has 0 radical (unpaired) electrons. The number of primary amides is 1. The van der Waals surface area contributed by atoms with Crippen molar-refractivity contribution in [1.82, 2.24) is 4.90 Å². The van der Waals surface area contributed by atoms with Gasteiger partial charge in [-0.1, -0.05) is 12.1 Å². The fourth-order valence-electron chi connectivity index (χ4n) is 3.26. The Kier molecular flexibility index (Phi) is 5.81. The molecule has 3 rings (SSSR count). The molecule has 3 N–H and O–H groups in total. The summed E-state index contributed by atoms with van der Waals surface area (Å²) in [5, 5.41) is 2.60. The first-order chi connectivity index (χ1) is 12.9. The molecule has 1 unspecified atom stereocenters. The van der Waals surface area contributed by atoms with E-state index in [9.17, 15) is 18.4 Å². The monoisotopic (exact) mass is 373 g/mol. The van der Waals surface area contributed by atoms with E-state index >= 15 is 0 Å².